The van der Waals surface area contributed by atoms with Crippen molar-refractivity contribution >= 4 is 0 Å². The third kappa shape index (κ3) is 3.44. The van der Waals surface area contributed by atoms with E-state index in [0.29, 0.717) is 12.1 Å². The molecule has 2 saturated heterocycles. The van der Waals surface area contributed by atoms with Crippen LogP contribution in [0.4, 0.5) is 0 Å². The maximum Gasteiger partial charge on any atom is 0.0620 e. The molecule has 94 valence electrons. The zero-order chi connectivity index (χ0) is 11.4. The van der Waals surface area contributed by atoms with Gasteiger partial charge < -0.3 is 15.0 Å². The van der Waals surface area contributed by atoms with Crippen molar-refractivity contribution in [2.75, 3.05) is 32.8 Å². The summed E-state index contributed by atoms with van der Waals surface area (Å²) in [7, 11) is 0. The summed E-state index contributed by atoms with van der Waals surface area (Å²) in [6.45, 7) is 10.1. The fourth-order valence-electron chi connectivity index (χ4n) is 2.80. The second-order valence-corrected chi connectivity index (χ2v) is 5.53. The Kier molecular flexibility index (Phi) is 4.62. The van der Waals surface area contributed by atoms with Gasteiger partial charge in [0.25, 0.3) is 0 Å². The number of hydrogen-bond acceptors (Lipinski definition) is 3. The molecule has 0 saturated carbocycles. The molecule has 2 atom stereocenters. The summed E-state index contributed by atoms with van der Waals surface area (Å²) in [5, 5.41) is 3.55. The zero-order valence-corrected chi connectivity index (χ0v) is 10.7. The quantitative estimate of drug-likeness (QED) is 0.789. The Labute approximate surface area is 99.5 Å². The Morgan fingerprint density at radius 2 is 2.12 bits per heavy atom. The average Bonchev–Trinajstić information content (AvgIpc) is 2.31. The summed E-state index contributed by atoms with van der Waals surface area (Å²) in [6.07, 6.45) is 3.98. The minimum atomic E-state index is 0.572. The minimum absolute atomic E-state index is 0.572. The molecule has 0 aromatic carbocycles. The molecule has 2 rings (SSSR count). The van der Waals surface area contributed by atoms with Crippen LogP contribution in [0.1, 0.15) is 33.1 Å². The van der Waals surface area contributed by atoms with Gasteiger partial charge in [-0.05, 0) is 45.2 Å². The van der Waals surface area contributed by atoms with Gasteiger partial charge in [0.2, 0.25) is 0 Å². The molecule has 3 heteroatoms. The number of hydrogen-bond donors (Lipinski definition) is 1. The monoisotopic (exact) mass is 226 g/mol. The molecule has 0 bridgehead atoms. The largest absolute Gasteiger partial charge is 0.379 e. The van der Waals surface area contributed by atoms with Crippen LogP contribution in [0.15, 0.2) is 0 Å². The van der Waals surface area contributed by atoms with Crippen LogP contribution in [0.5, 0.6) is 0 Å². The maximum absolute atomic E-state index is 5.51. The van der Waals surface area contributed by atoms with E-state index in [1.54, 1.807) is 0 Å². The molecular weight excluding hydrogens is 200 g/mol. The SMILES string of the molecule is CC1CCN(C(C)CC2COCCN2)CC1. The topological polar surface area (TPSA) is 24.5 Å². The number of nitrogens with one attached hydrogen (secondary N) is 1. The molecule has 0 spiro atoms. The summed E-state index contributed by atoms with van der Waals surface area (Å²) in [5.74, 6) is 0.930. The van der Waals surface area contributed by atoms with E-state index in [2.05, 4.69) is 24.1 Å². The highest BCUT2D eigenvalue weighted by atomic mass is 16.5. The van der Waals surface area contributed by atoms with Crippen LogP contribution in [0, 0.1) is 5.92 Å². The van der Waals surface area contributed by atoms with Crippen LogP contribution in [0.2, 0.25) is 0 Å². The van der Waals surface area contributed by atoms with Crippen LogP contribution in [0.25, 0.3) is 0 Å². The molecule has 0 aromatic heterocycles. The van der Waals surface area contributed by atoms with Crippen molar-refractivity contribution in [1.82, 2.24) is 10.2 Å². The summed E-state index contributed by atoms with van der Waals surface area (Å²) in [4.78, 5) is 2.65. The molecule has 1 N–H and O–H groups in total. The number of ether oxygens (including phenoxy) is 1. The van der Waals surface area contributed by atoms with E-state index < -0.39 is 0 Å². The van der Waals surface area contributed by atoms with Crippen LogP contribution < -0.4 is 5.32 Å². The smallest absolute Gasteiger partial charge is 0.0620 e. The average molecular weight is 226 g/mol. The zero-order valence-electron chi connectivity index (χ0n) is 10.7. The summed E-state index contributed by atoms with van der Waals surface area (Å²) < 4.78 is 5.51. The van der Waals surface area contributed by atoms with Gasteiger partial charge in [-0.25, -0.2) is 0 Å². The standard InChI is InChI=1S/C13H26N2O/c1-11-3-6-15(7-4-11)12(2)9-13-10-16-8-5-14-13/h11-14H,3-10H2,1-2H3. The van der Waals surface area contributed by atoms with E-state index in [1.807, 2.05) is 0 Å². The molecule has 0 aliphatic carbocycles. The third-order valence-electron chi connectivity index (χ3n) is 4.07. The van der Waals surface area contributed by atoms with Crippen molar-refractivity contribution in [2.45, 2.75) is 45.2 Å². The van der Waals surface area contributed by atoms with Gasteiger partial charge in [0.15, 0.2) is 0 Å². The molecule has 16 heavy (non-hydrogen) atoms. The molecule has 0 aromatic rings. The second kappa shape index (κ2) is 5.99. The Balaban J connectivity index is 1.72. The minimum Gasteiger partial charge on any atom is -0.379 e. The van der Waals surface area contributed by atoms with Crippen molar-refractivity contribution in [2.24, 2.45) is 5.92 Å². The Morgan fingerprint density at radius 3 is 2.75 bits per heavy atom. The van der Waals surface area contributed by atoms with Gasteiger partial charge in [0.05, 0.1) is 13.2 Å². The lowest BCUT2D eigenvalue weighted by molar-refractivity contribution is 0.0569. The summed E-state index contributed by atoms with van der Waals surface area (Å²) in [5.41, 5.74) is 0. The first-order chi connectivity index (χ1) is 7.75. The summed E-state index contributed by atoms with van der Waals surface area (Å²) >= 11 is 0. The lowest BCUT2D eigenvalue weighted by Gasteiger charge is -2.37. The molecule has 0 radical (unpaired) electrons. The molecule has 2 aliphatic heterocycles. The fourth-order valence-corrected chi connectivity index (χ4v) is 2.80. The fraction of sp³-hybridized carbons (Fsp3) is 1.00. The van der Waals surface area contributed by atoms with E-state index >= 15 is 0 Å². The van der Waals surface area contributed by atoms with E-state index in [4.69, 9.17) is 4.74 Å². The lowest BCUT2D eigenvalue weighted by Crippen LogP contribution is -2.47. The van der Waals surface area contributed by atoms with E-state index in [1.165, 1.54) is 32.4 Å². The number of piperidine rings is 1. The van der Waals surface area contributed by atoms with Crippen molar-refractivity contribution in [3.05, 3.63) is 0 Å². The first-order valence-corrected chi connectivity index (χ1v) is 6.81. The van der Waals surface area contributed by atoms with E-state index in [-0.39, 0.29) is 0 Å². The maximum atomic E-state index is 5.51. The molecule has 2 fully saturated rings. The van der Waals surface area contributed by atoms with Crippen molar-refractivity contribution in [3.8, 4) is 0 Å². The highest BCUT2D eigenvalue weighted by Crippen LogP contribution is 2.20. The Morgan fingerprint density at radius 1 is 1.38 bits per heavy atom. The van der Waals surface area contributed by atoms with Crippen LogP contribution in [-0.2, 0) is 4.74 Å². The van der Waals surface area contributed by atoms with Crippen LogP contribution >= 0.6 is 0 Å². The highest BCUT2D eigenvalue weighted by Gasteiger charge is 2.23. The van der Waals surface area contributed by atoms with E-state index in [9.17, 15) is 0 Å². The Hall–Kier alpha value is -0.120. The molecule has 3 nitrogen and oxygen atoms in total. The van der Waals surface area contributed by atoms with Gasteiger partial charge >= 0.3 is 0 Å². The first-order valence-electron chi connectivity index (χ1n) is 6.81. The van der Waals surface area contributed by atoms with Gasteiger partial charge in [0, 0.05) is 18.6 Å². The predicted molar refractivity (Wildman–Crippen MR) is 66.7 cm³/mol. The second-order valence-electron chi connectivity index (χ2n) is 5.53. The normalized spacial score (nSPS) is 31.5. The van der Waals surface area contributed by atoms with Gasteiger partial charge in [-0.15, -0.1) is 0 Å². The first kappa shape index (κ1) is 12.3. The van der Waals surface area contributed by atoms with Gasteiger partial charge in [-0.2, -0.15) is 0 Å². The van der Waals surface area contributed by atoms with Crippen LogP contribution in [0.3, 0.4) is 0 Å². The van der Waals surface area contributed by atoms with Crippen molar-refractivity contribution in [1.29, 1.82) is 0 Å². The predicted octanol–water partition coefficient (Wildman–Crippen LogP) is 1.49. The van der Waals surface area contributed by atoms with Crippen molar-refractivity contribution in [3.63, 3.8) is 0 Å². The lowest BCUT2D eigenvalue weighted by atomic mass is 9.96. The van der Waals surface area contributed by atoms with Gasteiger partial charge in [-0.1, -0.05) is 6.92 Å². The van der Waals surface area contributed by atoms with Crippen molar-refractivity contribution < 1.29 is 4.74 Å². The van der Waals surface area contributed by atoms with Gasteiger partial charge in [0.1, 0.15) is 0 Å². The third-order valence-corrected chi connectivity index (χ3v) is 4.07. The molecule has 2 heterocycles. The number of likely N-dealkylation sites (tertiary alicyclic amines) is 1. The van der Waals surface area contributed by atoms with E-state index in [0.717, 1.165) is 25.7 Å². The number of nitrogens with zero attached hydrogens (tertiary/aromatic N) is 1. The van der Waals surface area contributed by atoms with Gasteiger partial charge in [-0.3, -0.25) is 0 Å². The molecule has 2 unspecified atom stereocenters. The highest BCUT2D eigenvalue weighted by molar-refractivity contribution is 4.80. The summed E-state index contributed by atoms with van der Waals surface area (Å²) in [6, 6.07) is 1.27. The number of rotatable bonds is 3. The number of morpholine rings is 1. The van der Waals surface area contributed by atoms with Crippen LogP contribution in [-0.4, -0.2) is 49.8 Å². The molecule has 0 amide bonds. The molecular formula is C13H26N2O. The molecule has 2 aliphatic rings. The Bertz CT molecular complexity index is 196.